The molecule has 0 heterocycles. The van der Waals surface area contributed by atoms with Crippen molar-refractivity contribution in [2.45, 2.75) is 5.92 Å². The molecule has 23 heavy (non-hydrogen) atoms. The van der Waals surface area contributed by atoms with Crippen molar-refractivity contribution >= 4 is 5.69 Å². The van der Waals surface area contributed by atoms with Crippen LogP contribution in [0.5, 0.6) is 5.75 Å². The van der Waals surface area contributed by atoms with Crippen LogP contribution in [0.3, 0.4) is 0 Å². The highest BCUT2D eigenvalue weighted by molar-refractivity contribution is 5.49. The van der Waals surface area contributed by atoms with Gasteiger partial charge in [-0.1, -0.05) is 66.7 Å². The molecule has 0 spiro atoms. The lowest BCUT2D eigenvalue weighted by Crippen LogP contribution is -2.14. The summed E-state index contributed by atoms with van der Waals surface area (Å²) in [6.07, 6.45) is 0. The van der Waals surface area contributed by atoms with Crippen LogP contribution >= 0.6 is 0 Å². The molecule has 0 saturated heterocycles. The molecular formula is C21H21NO. The second-order valence-electron chi connectivity index (χ2n) is 5.49. The molecule has 0 aliphatic heterocycles. The molecule has 0 aliphatic rings. The van der Waals surface area contributed by atoms with E-state index in [2.05, 4.69) is 72.0 Å². The summed E-state index contributed by atoms with van der Waals surface area (Å²) < 4.78 is 5.29. The number of hydrogen-bond donors (Lipinski definition) is 1. The first kappa shape index (κ1) is 15.2. The number of rotatable bonds is 6. The summed E-state index contributed by atoms with van der Waals surface area (Å²) >= 11 is 0. The molecule has 0 bridgehead atoms. The third-order valence-corrected chi connectivity index (χ3v) is 3.98. The molecule has 0 atom stereocenters. The molecule has 116 valence electrons. The van der Waals surface area contributed by atoms with E-state index < -0.39 is 0 Å². The lowest BCUT2D eigenvalue weighted by molar-refractivity contribution is 0.415. The highest BCUT2D eigenvalue weighted by Crippen LogP contribution is 2.26. The van der Waals surface area contributed by atoms with Gasteiger partial charge in [-0.05, 0) is 23.3 Å². The molecule has 3 aromatic carbocycles. The minimum absolute atomic E-state index is 0.309. The van der Waals surface area contributed by atoms with Gasteiger partial charge in [-0.3, -0.25) is 0 Å². The number of hydrogen-bond acceptors (Lipinski definition) is 2. The predicted octanol–water partition coefficient (Wildman–Crippen LogP) is 4.94. The van der Waals surface area contributed by atoms with E-state index in [9.17, 15) is 0 Å². The monoisotopic (exact) mass is 303 g/mol. The molecule has 0 amide bonds. The fourth-order valence-electron chi connectivity index (χ4n) is 2.75. The van der Waals surface area contributed by atoms with Crippen LogP contribution in [0.2, 0.25) is 0 Å². The first-order valence-corrected chi connectivity index (χ1v) is 7.84. The second kappa shape index (κ2) is 7.50. The van der Waals surface area contributed by atoms with E-state index in [1.807, 2.05) is 18.2 Å². The first-order chi connectivity index (χ1) is 11.4. The Morgan fingerprint density at radius 3 is 1.96 bits per heavy atom. The highest BCUT2D eigenvalue weighted by Gasteiger charge is 2.13. The van der Waals surface area contributed by atoms with Crippen molar-refractivity contribution < 1.29 is 4.74 Å². The van der Waals surface area contributed by atoms with Crippen molar-refractivity contribution in [2.24, 2.45) is 0 Å². The molecule has 0 unspecified atom stereocenters. The van der Waals surface area contributed by atoms with Gasteiger partial charge in [-0.15, -0.1) is 0 Å². The van der Waals surface area contributed by atoms with Crippen LogP contribution in [0.1, 0.15) is 17.0 Å². The maximum absolute atomic E-state index is 5.29. The molecule has 0 aromatic heterocycles. The van der Waals surface area contributed by atoms with Gasteiger partial charge < -0.3 is 10.1 Å². The van der Waals surface area contributed by atoms with Crippen molar-refractivity contribution in [3.63, 3.8) is 0 Å². The Labute approximate surface area is 137 Å². The third-order valence-electron chi connectivity index (χ3n) is 3.98. The second-order valence-corrected chi connectivity index (χ2v) is 5.49. The van der Waals surface area contributed by atoms with Crippen molar-refractivity contribution in [1.29, 1.82) is 0 Å². The normalized spacial score (nSPS) is 10.5. The van der Waals surface area contributed by atoms with E-state index >= 15 is 0 Å². The van der Waals surface area contributed by atoms with Gasteiger partial charge in [-0.25, -0.2) is 0 Å². The average Bonchev–Trinajstić information content (AvgIpc) is 2.64. The lowest BCUT2D eigenvalue weighted by Gasteiger charge is -2.19. The summed E-state index contributed by atoms with van der Waals surface area (Å²) in [4.78, 5) is 0. The summed E-state index contributed by atoms with van der Waals surface area (Å²) in [6, 6.07) is 29.3. The Morgan fingerprint density at radius 1 is 0.783 bits per heavy atom. The molecule has 3 aromatic rings. The van der Waals surface area contributed by atoms with Gasteiger partial charge in [0.15, 0.2) is 0 Å². The van der Waals surface area contributed by atoms with E-state index in [-0.39, 0.29) is 0 Å². The Hall–Kier alpha value is -2.74. The fourth-order valence-corrected chi connectivity index (χ4v) is 2.75. The molecule has 0 aliphatic carbocycles. The van der Waals surface area contributed by atoms with Crippen LogP contribution in [-0.4, -0.2) is 13.7 Å². The number of benzene rings is 3. The average molecular weight is 303 g/mol. The maximum atomic E-state index is 5.29. The van der Waals surface area contributed by atoms with Gasteiger partial charge in [0.05, 0.1) is 7.11 Å². The van der Waals surface area contributed by atoms with Gasteiger partial charge in [0.25, 0.3) is 0 Å². The lowest BCUT2D eigenvalue weighted by atomic mass is 9.91. The predicted molar refractivity (Wildman–Crippen MR) is 96.2 cm³/mol. The Kier molecular flexibility index (Phi) is 4.95. The summed E-state index contributed by atoms with van der Waals surface area (Å²) in [5, 5.41) is 3.54. The summed E-state index contributed by atoms with van der Waals surface area (Å²) in [5.41, 5.74) is 3.70. The number of ether oxygens (including phenoxy) is 1. The molecule has 2 heteroatoms. The van der Waals surface area contributed by atoms with E-state index in [1.54, 1.807) is 7.11 Å². The minimum atomic E-state index is 0.309. The zero-order valence-corrected chi connectivity index (χ0v) is 13.3. The molecular weight excluding hydrogens is 282 g/mol. The van der Waals surface area contributed by atoms with Crippen LogP contribution in [-0.2, 0) is 0 Å². The zero-order chi connectivity index (χ0) is 15.9. The minimum Gasteiger partial charge on any atom is -0.497 e. The summed E-state index contributed by atoms with van der Waals surface area (Å²) in [5.74, 6) is 1.18. The van der Waals surface area contributed by atoms with Gasteiger partial charge in [-0.2, -0.15) is 0 Å². The van der Waals surface area contributed by atoms with Crippen LogP contribution in [0.15, 0.2) is 84.9 Å². The largest absolute Gasteiger partial charge is 0.497 e. The van der Waals surface area contributed by atoms with E-state index in [1.165, 1.54) is 11.1 Å². The van der Waals surface area contributed by atoms with E-state index in [0.29, 0.717) is 5.92 Å². The van der Waals surface area contributed by atoms with Crippen molar-refractivity contribution in [2.75, 3.05) is 19.0 Å². The van der Waals surface area contributed by atoms with E-state index in [0.717, 1.165) is 18.0 Å². The molecule has 0 saturated carbocycles. The van der Waals surface area contributed by atoms with Crippen molar-refractivity contribution in [1.82, 2.24) is 0 Å². The molecule has 0 radical (unpaired) electrons. The summed E-state index contributed by atoms with van der Waals surface area (Å²) in [6.45, 7) is 0.835. The first-order valence-electron chi connectivity index (χ1n) is 7.84. The zero-order valence-electron chi connectivity index (χ0n) is 13.3. The number of anilines is 1. The van der Waals surface area contributed by atoms with Crippen LogP contribution in [0.25, 0.3) is 0 Å². The third kappa shape index (κ3) is 3.92. The molecule has 2 nitrogen and oxygen atoms in total. The van der Waals surface area contributed by atoms with Gasteiger partial charge in [0, 0.05) is 24.2 Å². The molecule has 0 fully saturated rings. The number of nitrogens with one attached hydrogen (secondary N) is 1. The van der Waals surface area contributed by atoms with Gasteiger partial charge in [0.1, 0.15) is 5.75 Å². The fraction of sp³-hybridized carbons (Fsp3) is 0.143. The topological polar surface area (TPSA) is 21.3 Å². The SMILES string of the molecule is COc1cccc(NCC(c2ccccc2)c2ccccc2)c1. The van der Waals surface area contributed by atoms with Crippen molar-refractivity contribution in [3.8, 4) is 5.75 Å². The summed E-state index contributed by atoms with van der Waals surface area (Å²) in [7, 11) is 1.69. The Bertz CT molecular complexity index is 686. The standard InChI is InChI=1S/C21H21NO/c1-23-20-14-8-13-19(15-20)22-16-21(17-9-4-2-5-10-17)18-11-6-3-7-12-18/h2-15,21-22H,16H2,1H3. The maximum Gasteiger partial charge on any atom is 0.120 e. The molecule has 1 N–H and O–H groups in total. The smallest absolute Gasteiger partial charge is 0.120 e. The molecule has 3 rings (SSSR count). The van der Waals surface area contributed by atoms with Crippen LogP contribution in [0.4, 0.5) is 5.69 Å². The quantitative estimate of drug-likeness (QED) is 0.696. The number of methoxy groups -OCH3 is 1. The van der Waals surface area contributed by atoms with Gasteiger partial charge in [0.2, 0.25) is 0 Å². The van der Waals surface area contributed by atoms with Crippen molar-refractivity contribution in [3.05, 3.63) is 96.1 Å². The highest BCUT2D eigenvalue weighted by atomic mass is 16.5. The van der Waals surface area contributed by atoms with Crippen LogP contribution < -0.4 is 10.1 Å². The Balaban J connectivity index is 1.82. The van der Waals surface area contributed by atoms with Crippen LogP contribution in [0, 0.1) is 0 Å². The Morgan fingerprint density at radius 2 is 1.39 bits per heavy atom. The van der Waals surface area contributed by atoms with E-state index in [4.69, 9.17) is 4.74 Å². The van der Waals surface area contributed by atoms with Gasteiger partial charge >= 0.3 is 0 Å².